The maximum atomic E-state index is 14.9. The van der Waals surface area contributed by atoms with E-state index in [1.165, 1.54) is 16.5 Å². The third kappa shape index (κ3) is 4.22. The molecule has 0 atom stereocenters. The minimum Gasteiger partial charge on any atom is -0.354 e. The van der Waals surface area contributed by atoms with Crippen molar-refractivity contribution >= 4 is 16.7 Å². The summed E-state index contributed by atoms with van der Waals surface area (Å²) in [6, 6.07) is 8.54. The number of H-pyrrole nitrogens is 1. The van der Waals surface area contributed by atoms with Gasteiger partial charge in [0.2, 0.25) is 0 Å². The maximum absolute atomic E-state index is 14.9. The number of aromatic amines is 1. The Hall–Kier alpha value is -2.93. The summed E-state index contributed by atoms with van der Waals surface area (Å²) in [6.07, 6.45) is 3.97. The molecule has 0 unspecified atom stereocenters. The molecule has 2 N–H and O–H groups in total. The highest BCUT2D eigenvalue weighted by Gasteiger charge is 2.25. The summed E-state index contributed by atoms with van der Waals surface area (Å²) in [7, 11) is 1.99. The lowest BCUT2D eigenvalue weighted by Gasteiger charge is -2.32. The van der Waals surface area contributed by atoms with Crippen LogP contribution in [0, 0.1) is 12.7 Å². The van der Waals surface area contributed by atoms with E-state index in [9.17, 15) is 4.39 Å². The highest BCUT2D eigenvalue weighted by atomic mass is 19.1. The zero-order chi connectivity index (χ0) is 23.1. The lowest BCUT2D eigenvalue weighted by molar-refractivity contribution is 0.237. The van der Waals surface area contributed by atoms with Gasteiger partial charge in [-0.25, -0.2) is 4.39 Å². The van der Waals surface area contributed by atoms with Crippen LogP contribution in [0.2, 0.25) is 0 Å². The molecule has 33 heavy (non-hydrogen) atoms. The fourth-order valence-corrected chi connectivity index (χ4v) is 5.24. The van der Waals surface area contributed by atoms with Gasteiger partial charge in [0.25, 0.3) is 0 Å². The van der Waals surface area contributed by atoms with Gasteiger partial charge in [-0.05, 0) is 74.0 Å². The molecule has 0 radical (unpaired) electrons. The van der Waals surface area contributed by atoms with Crippen molar-refractivity contribution < 1.29 is 4.39 Å². The molecule has 4 heterocycles. The van der Waals surface area contributed by atoms with Crippen molar-refractivity contribution in [3.63, 3.8) is 0 Å². The molecule has 6 nitrogen and oxygen atoms in total. The van der Waals surface area contributed by atoms with Crippen molar-refractivity contribution in [1.82, 2.24) is 25.2 Å². The van der Waals surface area contributed by atoms with Crippen molar-refractivity contribution in [1.29, 1.82) is 0 Å². The topological polar surface area (TPSA) is 59.6 Å². The van der Waals surface area contributed by atoms with E-state index in [2.05, 4.69) is 57.3 Å². The van der Waals surface area contributed by atoms with Gasteiger partial charge in [0.1, 0.15) is 12.5 Å². The van der Waals surface area contributed by atoms with Gasteiger partial charge in [0.15, 0.2) is 5.82 Å². The summed E-state index contributed by atoms with van der Waals surface area (Å²) in [5.74, 6) is 1.64. The molecule has 2 aromatic heterocycles. The van der Waals surface area contributed by atoms with Crippen LogP contribution in [0.1, 0.15) is 55.3 Å². The SMILES string of the molecule is Cc1nccc(-c2[nH]c3ccc(C4CCN(CC5=NN(C)CN5)CC4)cc3c2C(C)C)c1F. The molecule has 5 rings (SSSR count). The first-order chi connectivity index (χ1) is 15.9. The number of aromatic nitrogens is 2. The third-order valence-corrected chi connectivity index (χ3v) is 7.01. The van der Waals surface area contributed by atoms with Gasteiger partial charge in [-0.3, -0.25) is 14.9 Å². The number of hydrogen-bond acceptors (Lipinski definition) is 5. The van der Waals surface area contributed by atoms with Crippen LogP contribution < -0.4 is 5.32 Å². The van der Waals surface area contributed by atoms with Gasteiger partial charge >= 0.3 is 0 Å². The van der Waals surface area contributed by atoms with Gasteiger partial charge in [-0.1, -0.05) is 19.9 Å². The number of hydrazone groups is 1. The molecule has 2 aliphatic heterocycles. The molecule has 0 saturated carbocycles. The number of fused-ring (bicyclic) bond motifs is 1. The average Bonchev–Trinajstić information content (AvgIpc) is 3.38. The predicted molar refractivity (Wildman–Crippen MR) is 132 cm³/mol. The molecule has 0 bridgehead atoms. The highest BCUT2D eigenvalue weighted by Crippen LogP contribution is 2.39. The van der Waals surface area contributed by atoms with Gasteiger partial charge in [-0.2, -0.15) is 5.10 Å². The number of likely N-dealkylation sites (tertiary alicyclic amines) is 1. The minimum atomic E-state index is -0.244. The molecule has 7 heteroatoms. The molecular formula is C26H33FN6. The highest BCUT2D eigenvalue weighted by molar-refractivity contribution is 5.92. The molecular weight excluding hydrogens is 415 g/mol. The predicted octanol–water partition coefficient (Wildman–Crippen LogP) is 4.79. The Bertz CT molecular complexity index is 1190. The molecule has 0 spiro atoms. The monoisotopic (exact) mass is 448 g/mol. The van der Waals surface area contributed by atoms with Crippen LogP contribution in [-0.2, 0) is 0 Å². The van der Waals surface area contributed by atoms with Gasteiger partial charge in [0, 0.05) is 29.7 Å². The summed E-state index contributed by atoms with van der Waals surface area (Å²) in [4.78, 5) is 10.1. The van der Waals surface area contributed by atoms with E-state index >= 15 is 0 Å². The molecule has 174 valence electrons. The van der Waals surface area contributed by atoms with Gasteiger partial charge in [0.05, 0.1) is 17.9 Å². The molecule has 2 aliphatic rings. The van der Waals surface area contributed by atoms with Gasteiger partial charge < -0.3 is 10.3 Å². The molecule has 1 aromatic carbocycles. The van der Waals surface area contributed by atoms with Gasteiger partial charge in [-0.15, -0.1) is 0 Å². The Balaban J connectivity index is 1.40. The Morgan fingerprint density at radius 1 is 1.18 bits per heavy atom. The zero-order valence-electron chi connectivity index (χ0n) is 20.0. The Kier molecular flexibility index (Phi) is 5.83. The first kappa shape index (κ1) is 21.9. The van der Waals surface area contributed by atoms with E-state index in [0.29, 0.717) is 17.2 Å². The standard InChI is InChI=1S/C26H33FN6/c1-16(2)24-21-13-19(18-8-11-33(12-9-18)14-23-29-15-32(4)31-23)5-6-22(21)30-26(24)20-7-10-28-17(3)25(20)27/h5-7,10,13,16,18,30H,8-9,11-12,14-15H2,1-4H3,(H,29,31). The average molecular weight is 449 g/mol. The summed E-state index contributed by atoms with van der Waals surface area (Å²) < 4.78 is 14.9. The fourth-order valence-electron chi connectivity index (χ4n) is 5.24. The van der Waals surface area contributed by atoms with E-state index in [4.69, 9.17) is 0 Å². The van der Waals surface area contributed by atoms with Crippen LogP contribution in [0.25, 0.3) is 22.2 Å². The van der Waals surface area contributed by atoms with Crippen LogP contribution in [0.5, 0.6) is 0 Å². The number of pyridine rings is 1. The number of aryl methyl sites for hydroxylation is 1. The number of nitrogens with zero attached hydrogens (tertiary/aromatic N) is 4. The summed E-state index contributed by atoms with van der Waals surface area (Å²) >= 11 is 0. The summed E-state index contributed by atoms with van der Waals surface area (Å²) in [5.41, 5.74) is 5.55. The van der Waals surface area contributed by atoms with Crippen molar-refractivity contribution in [2.75, 3.05) is 33.4 Å². The van der Waals surface area contributed by atoms with Crippen molar-refractivity contribution in [2.24, 2.45) is 5.10 Å². The van der Waals surface area contributed by atoms with Crippen molar-refractivity contribution in [3.05, 3.63) is 53.1 Å². The number of rotatable bonds is 5. The lowest BCUT2D eigenvalue weighted by Crippen LogP contribution is -2.39. The number of amidine groups is 1. The quantitative estimate of drug-likeness (QED) is 0.589. The Morgan fingerprint density at radius 3 is 2.67 bits per heavy atom. The van der Waals surface area contributed by atoms with E-state index in [-0.39, 0.29) is 11.7 Å². The Morgan fingerprint density at radius 2 is 1.97 bits per heavy atom. The van der Waals surface area contributed by atoms with E-state index in [1.807, 2.05) is 12.1 Å². The summed E-state index contributed by atoms with van der Waals surface area (Å²) in [6.45, 7) is 9.92. The number of hydrogen-bond donors (Lipinski definition) is 2. The largest absolute Gasteiger partial charge is 0.354 e. The van der Waals surface area contributed by atoms with E-state index < -0.39 is 0 Å². The third-order valence-electron chi connectivity index (χ3n) is 7.01. The molecule has 3 aromatic rings. The lowest BCUT2D eigenvalue weighted by atomic mass is 9.87. The van der Waals surface area contributed by atoms with E-state index in [1.54, 1.807) is 19.2 Å². The second-order valence-electron chi connectivity index (χ2n) is 9.72. The molecule has 0 aliphatic carbocycles. The molecule has 0 amide bonds. The zero-order valence-corrected chi connectivity index (χ0v) is 20.0. The Labute approximate surface area is 194 Å². The summed E-state index contributed by atoms with van der Waals surface area (Å²) in [5, 5.41) is 11.0. The first-order valence-corrected chi connectivity index (χ1v) is 11.9. The number of halogens is 1. The van der Waals surface area contributed by atoms with E-state index in [0.717, 1.165) is 56.2 Å². The van der Waals surface area contributed by atoms with Crippen LogP contribution >= 0.6 is 0 Å². The second kappa shape index (κ2) is 8.78. The van der Waals surface area contributed by atoms with Crippen LogP contribution in [-0.4, -0.2) is 59.1 Å². The minimum absolute atomic E-state index is 0.244. The molecule has 1 saturated heterocycles. The van der Waals surface area contributed by atoms with Crippen molar-refractivity contribution in [2.45, 2.75) is 45.4 Å². The first-order valence-electron chi connectivity index (χ1n) is 11.9. The number of benzene rings is 1. The maximum Gasteiger partial charge on any atom is 0.153 e. The fraction of sp³-hybridized carbons (Fsp3) is 0.462. The molecule has 1 fully saturated rings. The second-order valence-corrected chi connectivity index (χ2v) is 9.72. The number of piperidine rings is 1. The van der Waals surface area contributed by atoms with Crippen LogP contribution in [0.15, 0.2) is 35.6 Å². The van der Waals surface area contributed by atoms with Crippen LogP contribution in [0.3, 0.4) is 0 Å². The smallest absolute Gasteiger partial charge is 0.153 e. The number of nitrogens with one attached hydrogen (secondary N) is 2. The van der Waals surface area contributed by atoms with Crippen molar-refractivity contribution in [3.8, 4) is 11.3 Å². The normalized spacial score (nSPS) is 17.8. The van der Waals surface area contributed by atoms with Crippen LogP contribution in [0.4, 0.5) is 4.39 Å².